The van der Waals surface area contributed by atoms with Crippen molar-refractivity contribution in [1.82, 2.24) is 14.3 Å². The fraction of sp³-hybridized carbons (Fsp3) is 0.261. The van der Waals surface area contributed by atoms with Crippen molar-refractivity contribution in [1.29, 1.82) is 0 Å². The second-order valence-electron chi connectivity index (χ2n) is 7.72. The molecular weight excluding hydrogens is 346 g/mol. The Morgan fingerprint density at radius 1 is 1.07 bits per heavy atom. The van der Waals surface area contributed by atoms with E-state index in [-0.39, 0.29) is 0 Å². The molecule has 0 radical (unpaired) electrons. The van der Waals surface area contributed by atoms with Gasteiger partial charge < -0.3 is 15.2 Å². The maximum Gasteiger partial charge on any atom is 0.0672 e. The summed E-state index contributed by atoms with van der Waals surface area (Å²) in [5.41, 5.74) is 8.40. The standard InChI is InChI=1S/C23H25N5/c1-15-10-11-24-20-9-5-8-19(22(20)26-15)21-12-16-6-4-7-18(23(16)28(21)3)17-13-25-27(2)14-17/h4-9,12-15,24,26H,10-11H2,1-3H3/t15-/m1/s1. The van der Waals surface area contributed by atoms with Gasteiger partial charge in [0.25, 0.3) is 0 Å². The Morgan fingerprint density at radius 3 is 2.71 bits per heavy atom. The van der Waals surface area contributed by atoms with Crippen LogP contribution in [0.25, 0.3) is 33.3 Å². The van der Waals surface area contributed by atoms with Gasteiger partial charge in [-0.1, -0.05) is 30.3 Å². The number of aryl methyl sites for hydroxylation is 2. The monoisotopic (exact) mass is 371 g/mol. The number of rotatable bonds is 2. The minimum atomic E-state index is 0.440. The topological polar surface area (TPSA) is 46.8 Å². The number of nitrogens with one attached hydrogen (secondary N) is 2. The summed E-state index contributed by atoms with van der Waals surface area (Å²) in [6, 6.07) is 15.7. The van der Waals surface area contributed by atoms with E-state index in [0.717, 1.165) is 18.5 Å². The van der Waals surface area contributed by atoms with E-state index >= 15 is 0 Å². The van der Waals surface area contributed by atoms with Gasteiger partial charge in [0, 0.05) is 55.0 Å². The number of anilines is 2. The van der Waals surface area contributed by atoms with Crippen LogP contribution in [-0.2, 0) is 14.1 Å². The highest BCUT2D eigenvalue weighted by molar-refractivity contribution is 6.00. The Labute approximate surface area is 165 Å². The molecule has 0 bridgehead atoms. The summed E-state index contributed by atoms with van der Waals surface area (Å²) in [5.74, 6) is 0. The van der Waals surface area contributed by atoms with E-state index in [1.54, 1.807) is 0 Å². The fourth-order valence-electron chi connectivity index (χ4n) is 4.28. The van der Waals surface area contributed by atoms with Gasteiger partial charge in [0.05, 0.1) is 28.8 Å². The van der Waals surface area contributed by atoms with Crippen LogP contribution >= 0.6 is 0 Å². The van der Waals surface area contributed by atoms with Crippen LogP contribution < -0.4 is 10.6 Å². The molecule has 3 heterocycles. The predicted molar refractivity (Wildman–Crippen MR) is 117 cm³/mol. The van der Waals surface area contributed by atoms with Crippen LogP contribution in [-0.4, -0.2) is 26.9 Å². The van der Waals surface area contributed by atoms with E-state index in [1.807, 2.05) is 17.9 Å². The molecule has 0 spiro atoms. The van der Waals surface area contributed by atoms with Crippen LogP contribution in [0.2, 0.25) is 0 Å². The number of hydrogen-bond acceptors (Lipinski definition) is 3. The van der Waals surface area contributed by atoms with Crippen LogP contribution in [0.5, 0.6) is 0 Å². The Bertz CT molecular complexity index is 1170. The van der Waals surface area contributed by atoms with E-state index in [9.17, 15) is 0 Å². The van der Waals surface area contributed by atoms with Crippen molar-refractivity contribution in [3.05, 3.63) is 54.9 Å². The first kappa shape index (κ1) is 16.9. The van der Waals surface area contributed by atoms with Crippen LogP contribution in [0.3, 0.4) is 0 Å². The van der Waals surface area contributed by atoms with Crippen LogP contribution in [0.1, 0.15) is 13.3 Å². The first-order chi connectivity index (χ1) is 13.6. The summed E-state index contributed by atoms with van der Waals surface area (Å²) in [6.45, 7) is 3.24. The van der Waals surface area contributed by atoms with E-state index in [4.69, 9.17) is 0 Å². The number of aromatic nitrogens is 3. The number of para-hydroxylation sites is 2. The highest BCUT2D eigenvalue weighted by Crippen LogP contribution is 2.40. The largest absolute Gasteiger partial charge is 0.383 e. The van der Waals surface area contributed by atoms with Crippen molar-refractivity contribution in [2.45, 2.75) is 19.4 Å². The highest BCUT2D eigenvalue weighted by Gasteiger charge is 2.19. The lowest BCUT2D eigenvalue weighted by Crippen LogP contribution is -2.15. The molecule has 1 aliphatic heterocycles. The Morgan fingerprint density at radius 2 is 1.89 bits per heavy atom. The smallest absolute Gasteiger partial charge is 0.0672 e. The molecule has 28 heavy (non-hydrogen) atoms. The summed E-state index contributed by atoms with van der Waals surface area (Å²) < 4.78 is 4.16. The second-order valence-corrected chi connectivity index (χ2v) is 7.72. The first-order valence-corrected chi connectivity index (χ1v) is 9.83. The van der Waals surface area contributed by atoms with Crippen molar-refractivity contribution in [2.24, 2.45) is 14.1 Å². The maximum atomic E-state index is 4.36. The molecule has 2 aromatic heterocycles. The highest BCUT2D eigenvalue weighted by atomic mass is 15.2. The van der Waals surface area contributed by atoms with Crippen molar-refractivity contribution in [3.8, 4) is 22.4 Å². The molecule has 5 rings (SSSR count). The van der Waals surface area contributed by atoms with Crippen molar-refractivity contribution in [3.63, 3.8) is 0 Å². The lowest BCUT2D eigenvalue weighted by molar-refractivity contribution is 0.745. The lowest BCUT2D eigenvalue weighted by Gasteiger charge is -2.17. The molecule has 5 nitrogen and oxygen atoms in total. The minimum Gasteiger partial charge on any atom is -0.383 e. The van der Waals surface area contributed by atoms with Gasteiger partial charge in [-0.2, -0.15) is 5.10 Å². The van der Waals surface area contributed by atoms with E-state index < -0.39 is 0 Å². The molecule has 0 saturated carbocycles. The van der Waals surface area contributed by atoms with E-state index in [1.165, 1.54) is 39.1 Å². The molecule has 142 valence electrons. The van der Waals surface area contributed by atoms with Gasteiger partial charge in [-0.3, -0.25) is 4.68 Å². The van der Waals surface area contributed by atoms with Crippen molar-refractivity contribution < 1.29 is 0 Å². The summed E-state index contributed by atoms with van der Waals surface area (Å²) in [5, 5.41) is 12.9. The van der Waals surface area contributed by atoms with Crippen molar-refractivity contribution in [2.75, 3.05) is 17.2 Å². The average molecular weight is 371 g/mol. The van der Waals surface area contributed by atoms with Gasteiger partial charge in [-0.25, -0.2) is 0 Å². The quantitative estimate of drug-likeness (QED) is 0.529. The molecule has 4 aromatic rings. The zero-order valence-electron chi connectivity index (χ0n) is 16.5. The second kappa shape index (κ2) is 6.44. The van der Waals surface area contributed by atoms with Gasteiger partial charge >= 0.3 is 0 Å². The molecule has 2 N–H and O–H groups in total. The number of benzene rings is 2. The summed E-state index contributed by atoms with van der Waals surface area (Å²) in [7, 11) is 4.11. The molecule has 5 heteroatoms. The molecule has 1 aliphatic rings. The summed E-state index contributed by atoms with van der Waals surface area (Å²) in [4.78, 5) is 0. The molecular formula is C23H25N5. The molecule has 0 saturated heterocycles. The zero-order chi connectivity index (χ0) is 19.3. The SMILES string of the molecule is C[C@@H]1CCNc2cccc(-c3cc4cccc(-c5cnn(C)c5)c4n3C)c2N1. The van der Waals surface area contributed by atoms with Gasteiger partial charge in [0.1, 0.15) is 0 Å². The van der Waals surface area contributed by atoms with Crippen molar-refractivity contribution >= 4 is 22.3 Å². The molecule has 0 unspecified atom stereocenters. The van der Waals surface area contributed by atoms with E-state index in [0.29, 0.717) is 6.04 Å². The third kappa shape index (κ3) is 2.66. The molecule has 0 amide bonds. The molecule has 2 aromatic carbocycles. The fourth-order valence-corrected chi connectivity index (χ4v) is 4.28. The Balaban J connectivity index is 1.73. The molecule has 0 aliphatic carbocycles. The maximum absolute atomic E-state index is 4.36. The van der Waals surface area contributed by atoms with Crippen LogP contribution in [0, 0.1) is 0 Å². The molecule has 1 atom stereocenters. The van der Waals surface area contributed by atoms with Gasteiger partial charge in [-0.05, 0) is 25.5 Å². The van der Waals surface area contributed by atoms with E-state index in [2.05, 4.69) is 82.9 Å². The number of fused-ring (bicyclic) bond motifs is 2. The molecule has 0 fully saturated rings. The van der Waals surface area contributed by atoms with Gasteiger partial charge in [-0.15, -0.1) is 0 Å². The summed E-state index contributed by atoms with van der Waals surface area (Å²) >= 11 is 0. The number of nitrogens with zero attached hydrogens (tertiary/aromatic N) is 3. The normalized spacial score (nSPS) is 16.3. The predicted octanol–water partition coefficient (Wildman–Crippen LogP) is 4.86. The Kier molecular flexibility index (Phi) is 3.90. The number of hydrogen-bond donors (Lipinski definition) is 2. The zero-order valence-corrected chi connectivity index (χ0v) is 16.5. The minimum absolute atomic E-state index is 0.440. The van der Waals surface area contributed by atoms with Gasteiger partial charge in [0.15, 0.2) is 0 Å². The Hall–Kier alpha value is -3.21. The average Bonchev–Trinajstić information content (AvgIpc) is 3.20. The van der Waals surface area contributed by atoms with Crippen LogP contribution in [0.15, 0.2) is 54.9 Å². The lowest BCUT2D eigenvalue weighted by atomic mass is 10.1. The summed E-state index contributed by atoms with van der Waals surface area (Å²) in [6.07, 6.45) is 5.11. The van der Waals surface area contributed by atoms with Gasteiger partial charge in [0.2, 0.25) is 0 Å². The first-order valence-electron chi connectivity index (χ1n) is 9.83. The third-order valence-corrected chi connectivity index (χ3v) is 5.70. The third-order valence-electron chi connectivity index (χ3n) is 5.70. The van der Waals surface area contributed by atoms with Crippen LogP contribution in [0.4, 0.5) is 11.4 Å².